The topological polar surface area (TPSA) is 58.2 Å². The molecule has 0 radical (unpaired) electrons. The molecule has 136 valence electrons. The van der Waals surface area contributed by atoms with Gasteiger partial charge in [-0.15, -0.1) is 0 Å². The third-order valence-corrected chi connectivity index (χ3v) is 5.16. The van der Waals surface area contributed by atoms with E-state index in [9.17, 15) is 9.59 Å². The molecule has 6 heteroatoms. The van der Waals surface area contributed by atoms with E-state index in [2.05, 4.69) is 10.6 Å². The van der Waals surface area contributed by atoms with Crippen LogP contribution in [0.5, 0.6) is 0 Å². The Morgan fingerprint density at radius 3 is 2.54 bits per heavy atom. The summed E-state index contributed by atoms with van der Waals surface area (Å²) in [6.45, 7) is 2.41. The number of para-hydroxylation sites is 1. The van der Waals surface area contributed by atoms with Crippen molar-refractivity contribution in [3.8, 4) is 0 Å². The molecule has 0 saturated heterocycles. The van der Waals surface area contributed by atoms with Crippen molar-refractivity contribution in [2.75, 3.05) is 11.9 Å². The number of nitrogens with one attached hydrogen (secondary N) is 2. The normalized spacial score (nSPS) is 18.3. The Morgan fingerprint density at radius 1 is 1.08 bits per heavy atom. The number of halogens is 2. The lowest BCUT2D eigenvalue weighted by Crippen LogP contribution is -2.29. The molecule has 2 unspecified atom stereocenters. The number of benzene rings is 2. The summed E-state index contributed by atoms with van der Waals surface area (Å²) in [6, 6.07) is 12.9. The van der Waals surface area contributed by atoms with Crippen LogP contribution in [0, 0.1) is 18.8 Å². The van der Waals surface area contributed by atoms with E-state index in [1.807, 2.05) is 37.3 Å². The molecule has 2 amide bonds. The van der Waals surface area contributed by atoms with Crippen molar-refractivity contribution in [1.29, 1.82) is 0 Å². The highest BCUT2D eigenvalue weighted by Gasteiger charge is 2.47. The Morgan fingerprint density at radius 2 is 1.81 bits per heavy atom. The average Bonchev–Trinajstić information content (AvgIpc) is 3.40. The second-order valence-electron chi connectivity index (χ2n) is 6.53. The monoisotopic (exact) mass is 390 g/mol. The minimum atomic E-state index is -0.256. The summed E-state index contributed by atoms with van der Waals surface area (Å²) in [6.07, 6.45) is 1.21. The van der Waals surface area contributed by atoms with Crippen LogP contribution in [0.15, 0.2) is 42.5 Å². The Labute approximate surface area is 162 Å². The van der Waals surface area contributed by atoms with Crippen LogP contribution < -0.4 is 10.6 Å². The predicted octanol–water partition coefficient (Wildman–Crippen LogP) is 4.24. The molecule has 2 aromatic rings. The standard InChI is InChI=1S/C20H20Cl2N2O2/c1-12-4-2-3-5-18(12)24-20(26)16-11-15(16)19(25)23-9-8-13-6-7-14(21)10-17(13)22/h2-7,10,15-16H,8-9,11H2,1H3,(H,23,25)(H,24,26). The lowest BCUT2D eigenvalue weighted by Gasteiger charge is -2.09. The highest BCUT2D eigenvalue weighted by molar-refractivity contribution is 6.35. The lowest BCUT2D eigenvalue weighted by molar-refractivity contribution is -0.125. The van der Waals surface area contributed by atoms with Crippen molar-refractivity contribution in [2.45, 2.75) is 19.8 Å². The third-order valence-electron chi connectivity index (χ3n) is 4.58. The van der Waals surface area contributed by atoms with Crippen LogP contribution >= 0.6 is 23.2 Å². The molecule has 1 aliphatic carbocycles. The minimum Gasteiger partial charge on any atom is -0.356 e. The van der Waals surface area contributed by atoms with E-state index in [0.29, 0.717) is 29.4 Å². The first-order chi connectivity index (χ1) is 12.5. The van der Waals surface area contributed by atoms with E-state index < -0.39 is 0 Å². The van der Waals surface area contributed by atoms with Gasteiger partial charge in [-0.1, -0.05) is 47.5 Å². The van der Waals surface area contributed by atoms with Crippen LogP contribution in [-0.2, 0) is 16.0 Å². The van der Waals surface area contributed by atoms with Crippen LogP contribution in [0.2, 0.25) is 10.0 Å². The van der Waals surface area contributed by atoms with Crippen LogP contribution in [0.4, 0.5) is 5.69 Å². The summed E-state index contributed by atoms with van der Waals surface area (Å²) in [5.41, 5.74) is 2.73. The lowest BCUT2D eigenvalue weighted by atomic mass is 10.1. The van der Waals surface area contributed by atoms with Gasteiger partial charge in [0.15, 0.2) is 0 Å². The molecule has 2 N–H and O–H groups in total. The minimum absolute atomic E-state index is 0.0833. The van der Waals surface area contributed by atoms with Gasteiger partial charge < -0.3 is 10.6 Å². The summed E-state index contributed by atoms with van der Waals surface area (Å²) in [4.78, 5) is 24.5. The van der Waals surface area contributed by atoms with Gasteiger partial charge in [0.1, 0.15) is 0 Å². The molecule has 0 aliphatic heterocycles. The van der Waals surface area contributed by atoms with Crippen LogP contribution in [0.25, 0.3) is 0 Å². The fourth-order valence-corrected chi connectivity index (χ4v) is 3.39. The number of rotatable bonds is 6. The summed E-state index contributed by atoms with van der Waals surface area (Å²) in [5.74, 6) is -0.686. The molecular formula is C20H20Cl2N2O2. The Kier molecular flexibility index (Phi) is 5.84. The van der Waals surface area contributed by atoms with Crippen LogP contribution in [0.3, 0.4) is 0 Å². The second-order valence-corrected chi connectivity index (χ2v) is 7.37. The molecule has 0 aromatic heterocycles. The maximum Gasteiger partial charge on any atom is 0.228 e. The van der Waals surface area contributed by atoms with Gasteiger partial charge in [0.25, 0.3) is 0 Å². The number of aryl methyl sites for hydroxylation is 1. The van der Waals surface area contributed by atoms with Crippen molar-refractivity contribution >= 4 is 40.7 Å². The quantitative estimate of drug-likeness (QED) is 0.774. The highest BCUT2D eigenvalue weighted by atomic mass is 35.5. The number of anilines is 1. The van der Waals surface area contributed by atoms with Crippen molar-refractivity contribution in [2.24, 2.45) is 11.8 Å². The zero-order valence-corrected chi connectivity index (χ0v) is 15.9. The molecule has 26 heavy (non-hydrogen) atoms. The van der Waals surface area contributed by atoms with E-state index in [4.69, 9.17) is 23.2 Å². The van der Waals surface area contributed by atoms with Crippen LogP contribution in [0.1, 0.15) is 17.5 Å². The van der Waals surface area contributed by atoms with E-state index in [-0.39, 0.29) is 23.7 Å². The van der Waals surface area contributed by atoms with E-state index >= 15 is 0 Å². The van der Waals surface area contributed by atoms with E-state index in [1.54, 1.807) is 12.1 Å². The largest absolute Gasteiger partial charge is 0.356 e. The van der Waals surface area contributed by atoms with Gasteiger partial charge >= 0.3 is 0 Å². The fourth-order valence-electron chi connectivity index (χ4n) is 2.89. The number of hydrogen-bond acceptors (Lipinski definition) is 2. The predicted molar refractivity (Wildman–Crippen MR) is 105 cm³/mol. The molecular weight excluding hydrogens is 371 g/mol. The van der Waals surface area contributed by atoms with Gasteiger partial charge in [0.05, 0.1) is 11.8 Å². The molecule has 1 saturated carbocycles. The first-order valence-electron chi connectivity index (χ1n) is 8.54. The first-order valence-corrected chi connectivity index (χ1v) is 9.29. The smallest absolute Gasteiger partial charge is 0.228 e. The third kappa shape index (κ3) is 4.57. The molecule has 0 bridgehead atoms. The summed E-state index contributed by atoms with van der Waals surface area (Å²) < 4.78 is 0. The molecule has 2 aromatic carbocycles. The maximum absolute atomic E-state index is 12.3. The SMILES string of the molecule is Cc1ccccc1NC(=O)C1CC1C(=O)NCCc1ccc(Cl)cc1Cl. The second kappa shape index (κ2) is 8.11. The van der Waals surface area contributed by atoms with Crippen molar-refractivity contribution < 1.29 is 9.59 Å². The number of hydrogen-bond donors (Lipinski definition) is 2. The van der Waals surface area contributed by atoms with Gasteiger partial charge in [-0.05, 0) is 49.1 Å². The Balaban J connectivity index is 1.45. The number of carbonyl (C=O) groups excluding carboxylic acids is 2. The van der Waals surface area contributed by atoms with Gasteiger partial charge in [-0.3, -0.25) is 9.59 Å². The highest BCUT2D eigenvalue weighted by Crippen LogP contribution is 2.39. The van der Waals surface area contributed by atoms with Crippen molar-refractivity contribution in [1.82, 2.24) is 5.32 Å². The Hall–Kier alpha value is -2.04. The molecule has 0 heterocycles. The summed E-state index contributed by atoms with van der Waals surface area (Å²) in [7, 11) is 0. The van der Waals surface area contributed by atoms with E-state index in [1.165, 1.54) is 0 Å². The first kappa shape index (κ1) is 18.7. The number of amides is 2. The van der Waals surface area contributed by atoms with Crippen molar-refractivity contribution in [3.05, 3.63) is 63.6 Å². The molecule has 4 nitrogen and oxygen atoms in total. The average molecular weight is 391 g/mol. The van der Waals surface area contributed by atoms with Gasteiger partial charge in [-0.2, -0.15) is 0 Å². The summed E-state index contributed by atoms with van der Waals surface area (Å²) >= 11 is 12.0. The molecule has 1 fully saturated rings. The van der Waals surface area contributed by atoms with Crippen LogP contribution in [-0.4, -0.2) is 18.4 Å². The van der Waals surface area contributed by atoms with E-state index in [0.717, 1.165) is 16.8 Å². The number of carbonyl (C=O) groups is 2. The molecule has 3 rings (SSSR count). The molecule has 2 atom stereocenters. The van der Waals surface area contributed by atoms with Crippen molar-refractivity contribution in [3.63, 3.8) is 0 Å². The Bertz CT molecular complexity index is 838. The van der Waals surface area contributed by atoms with Gasteiger partial charge in [0, 0.05) is 22.3 Å². The summed E-state index contributed by atoms with van der Waals surface area (Å²) in [5, 5.41) is 6.96. The molecule has 1 aliphatic rings. The van der Waals surface area contributed by atoms with Gasteiger partial charge in [0.2, 0.25) is 11.8 Å². The molecule has 0 spiro atoms. The maximum atomic E-state index is 12.3. The zero-order chi connectivity index (χ0) is 18.7. The fraction of sp³-hybridized carbons (Fsp3) is 0.300. The van der Waals surface area contributed by atoms with Gasteiger partial charge in [-0.25, -0.2) is 0 Å². The zero-order valence-electron chi connectivity index (χ0n) is 14.4.